The van der Waals surface area contributed by atoms with Crippen molar-refractivity contribution in [2.75, 3.05) is 10.7 Å². The van der Waals surface area contributed by atoms with Gasteiger partial charge in [0.2, 0.25) is 0 Å². The van der Waals surface area contributed by atoms with Crippen LogP contribution < -0.4 is 10.2 Å². The van der Waals surface area contributed by atoms with E-state index in [1.165, 1.54) is 13.1 Å². The molecule has 3 amide bonds. The van der Waals surface area contributed by atoms with E-state index >= 15 is 0 Å². The molecular formula is C13H13N3O4S. The van der Waals surface area contributed by atoms with Gasteiger partial charge in [-0.3, -0.25) is 9.59 Å². The molecule has 0 spiro atoms. The molecule has 1 fully saturated rings. The number of rotatable bonds is 4. The molecule has 110 valence electrons. The highest BCUT2D eigenvalue weighted by Crippen LogP contribution is 2.21. The van der Waals surface area contributed by atoms with Crippen molar-refractivity contribution in [3.05, 3.63) is 29.8 Å². The Bertz CT molecular complexity index is 600. The van der Waals surface area contributed by atoms with Crippen molar-refractivity contribution in [3.8, 4) is 0 Å². The molecule has 1 aliphatic heterocycles. The van der Waals surface area contributed by atoms with Gasteiger partial charge in [-0.2, -0.15) is 0 Å². The zero-order chi connectivity index (χ0) is 15.4. The van der Waals surface area contributed by atoms with Crippen molar-refractivity contribution in [1.29, 1.82) is 0 Å². The third-order valence-corrected chi connectivity index (χ3v) is 3.74. The first-order valence-corrected chi connectivity index (χ1v) is 7.07. The number of anilines is 1. The first kappa shape index (κ1) is 15.0. The zero-order valence-corrected chi connectivity index (χ0v) is 12.0. The number of nitrogens with zero attached hydrogens (tertiary/aromatic N) is 2. The van der Waals surface area contributed by atoms with Crippen LogP contribution in [0.2, 0.25) is 0 Å². The lowest BCUT2D eigenvalue weighted by atomic mass is 10.2. The molecule has 1 aromatic rings. The predicted molar refractivity (Wildman–Crippen MR) is 78.8 cm³/mol. The minimum Gasteiger partial charge on any atom is -0.411 e. The van der Waals surface area contributed by atoms with Crippen LogP contribution in [-0.4, -0.2) is 40.3 Å². The molecule has 1 heterocycles. The second-order valence-corrected chi connectivity index (χ2v) is 5.51. The SMILES string of the molecule is CC(=O)SCC1NC(=O)N(c2ccc(C=NO)cc2)C1=O. The van der Waals surface area contributed by atoms with Crippen LogP contribution in [0.5, 0.6) is 0 Å². The number of carbonyl (C=O) groups excluding carboxylic acids is 3. The number of imide groups is 1. The normalized spacial score (nSPS) is 18.3. The molecule has 2 N–H and O–H groups in total. The number of thioether (sulfide) groups is 1. The van der Waals surface area contributed by atoms with E-state index in [2.05, 4.69) is 10.5 Å². The molecule has 2 rings (SSSR count). The summed E-state index contributed by atoms with van der Waals surface area (Å²) >= 11 is 0.994. The molecule has 0 saturated carbocycles. The Morgan fingerprint density at radius 1 is 1.43 bits per heavy atom. The van der Waals surface area contributed by atoms with Crippen molar-refractivity contribution in [3.63, 3.8) is 0 Å². The topological polar surface area (TPSA) is 99.1 Å². The van der Waals surface area contributed by atoms with Crippen LogP contribution in [0.15, 0.2) is 29.4 Å². The summed E-state index contributed by atoms with van der Waals surface area (Å²) in [5.41, 5.74) is 1.06. The average Bonchev–Trinajstić information content (AvgIpc) is 2.73. The van der Waals surface area contributed by atoms with Gasteiger partial charge in [0.1, 0.15) is 6.04 Å². The van der Waals surface area contributed by atoms with Gasteiger partial charge in [-0.1, -0.05) is 29.1 Å². The summed E-state index contributed by atoms with van der Waals surface area (Å²) in [4.78, 5) is 36.0. The Morgan fingerprint density at radius 2 is 2.10 bits per heavy atom. The lowest BCUT2D eigenvalue weighted by Crippen LogP contribution is -2.32. The molecule has 0 radical (unpaired) electrons. The molecular weight excluding hydrogens is 294 g/mol. The molecule has 0 bridgehead atoms. The van der Waals surface area contributed by atoms with Crippen molar-refractivity contribution >= 4 is 40.7 Å². The predicted octanol–water partition coefficient (Wildman–Crippen LogP) is 1.20. The fraction of sp³-hybridized carbons (Fsp3) is 0.231. The van der Waals surface area contributed by atoms with E-state index in [0.29, 0.717) is 11.3 Å². The lowest BCUT2D eigenvalue weighted by Gasteiger charge is -2.12. The molecule has 1 atom stereocenters. The maximum absolute atomic E-state index is 12.2. The molecule has 8 heteroatoms. The number of nitrogens with one attached hydrogen (secondary N) is 1. The summed E-state index contributed by atoms with van der Waals surface area (Å²) in [6.45, 7) is 1.41. The minimum atomic E-state index is -0.704. The van der Waals surface area contributed by atoms with Crippen molar-refractivity contribution in [1.82, 2.24) is 5.32 Å². The van der Waals surface area contributed by atoms with E-state index in [4.69, 9.17) is 5.21 Å². The van der Waals surface area contributed by atoms with Crippen LogP contribution in [0.1, 0.15) is 12.5 Å². The number of oxime groups is 1. The maximum Gasteiger partial charge on any atom is 0.329 e. The van der Waals surface area contributed by atoms with Gasteiger partial charge in [0, 0.05) is 12.7 Å². The fourth-order valence-corrected chi connectivity index (χ4v) is 2.49. The zero-order valence-electron chi connectivity index (χ0n) is 11.1. The van der Waals surface area contributed by atoms with Gasteiger partial charge in [-0.15, -0.1) is 0 Å². The second kappa shape index (κ2) is 6.40. The van der Waals surface area contributed by atoms with Crippen molar-refractivity contribution in [2.24, 2.45) is 5.16 Å². The fourth-order valence-electron chi connectivity index (χ4n) is 1.87. The summed E-state index contributed by atoms with van der Waals surface area (Å²) < 4.78 is 0. The number of carbonyl (C=O) groups is 3. The standard InChI is InChI=1S/C13H13N3O4S/c1-8(17)21-7-11-12(18)16(13(19)15-11)10-4-2-9(3-5-10)6-14-20/h2-6,11,20H,7H2,1H3,(H,15,19). The van der Waals surface area contributed by atoms with E-state index in [1.54, 1.807) is 24.3 Å². The molecule has 1 aromatic carbocycles. The van der Waals surface area contributed by atoms with E-state index in [1.807, 2.05) is 0 Å². The average molecular weight is 307 g/mol. The number of hydrogen-bond acceptors (Lipinski definition) is 6. The molecule has 0 aliphatic carbocycles. The second-order valence-electron chi connectivity index (χ2n) is 4.31. The largest absolute Gasteiger partial charge is 0.411 e. The van der Waals surface area contributed by atoms with Gasteiger partial charge in [-0.05, 0) is 17.7 Å². The van der Waals surface area contributed by atoms with E-state index in [-0.39, 0.29) is 10.9 Å². The number of amides is 3. The molecule has 0 aromatic heterocycles. The highest BCUT2D eigenvalue weighted by molar-refractivity contribution is 8.13. The Kier molecular flexibility index (Phi) is 4.59. The van der Waals surface area contributed by atoms with E-state index in [9.17, 15) is 14.4 Å². The van der Waals surface area contributed by atoms with Crippen LogP contribution in [0.4, 0.5) is 10.5 Å². The van der Waals surface area contributed by atoms with Crippen LogP contribution in [-0.2, 0) is 9.59 Å². The quantitative estimate of drug-likeness (QED) is 0.377. The molecule has 1 unspecified atom stereocenters. The van der Waals surface area contributed by atoms with E-state index in [0.717, 1.165) is 16.7 Å². The molecule has 1 saturated heterocycles. The summed E-state index contributed by atoms with van der Waals surface area (Å²) in [6, 6.07) is 5.17. The monoisotopic (exact) mass is 307 g/mol. The summed E-state index contributed by atoms with van der Waals surface area (Å²) in [7, 11) is 0. The number of hydrogen-bond donors (Lipinski definition) is 2. The summed E-state index contributed by atoms with van der Waals surface area (Å²) in [5, 5.41) is 13.8. The Balaban J connectivity index is 2.14. The first-order chi connectivity index (χ1) is 10.0. The van der Waals surface area contributed by atoms with Gasteiger partial charge in [0.15, 0.2) is 5.12 Å². The Hall–Kier alpha value is -2.35. The number of urea groups is 1. The first-order valence-electron chi connectivity index (χ1n) is 6.08. The van der Waals surface area contributed by atoms with Gasteiger partial charge >= 0.3 is 6.03 Å². The van der Waals surface area contributed by atoms with Crippen molar-refractivity contribution < 1.29 is 19.6 Å². The lowest BCUT2D eigenvalue weighted by molar-refractivity contribution is -0.117. The third-order valence-electron chi connectivity index (χ3n) is 2.83. The summed E-state index contributed by atoms with van der Waals surface area (Å²) in [6.07, 6.45) is 1.24. The Morgan fingerprint density at radius 3 is 2.67 bits per heavy atom. The molecule has 21 heavy (non-hydrogen) atoms. The highest BCUT2D eigenvalue weighted by Gasteiger charge is 2.38. The van der Waals surface area contributed by atoms with Crippen LogP contribution in [0, 0.1) is 0 Å². The third kappa shape index (κ3) is 3.40. The molecule has 7 nitrogen and oxygen atoms in total. The Labute approximate surface area is 125 Å². The van der Waals surface area contributed by atoms with Crippen LogP contribution in [0.25, 0.3) is 0 Å². The number of benzene rings is 1. The minimum absolute atomic E-state index is 0.108. The maximum atomic E-state index is 12.2. The van der Waals surface area contributed by atoms with E-state index < -0.39 is 18.0 Å². The highest BCUT2D eigenvalue weighted by atomic mass is 32.2. The van der Waals surface area contributed by atoms with Gasteiger partial charge in [-0.25, -0.2) is 9.69 Å². The van der Waals surface area contributed by atoms with Crippen LogP contribution >= 0.6 is 11.8 Å². The van der Waals surface area contributed by atoms with Crippen LogP contribution in [0.3, 0.4) is 0 Å². The van der Waals surface area contributed by atoms with Crippen molar-refractivity contribution in [2.45, 2.75) is 13.0 Å². The van der Waals surface area contributed by atoms with Gasteiger partial charge < -0.3 is 10.5 Å². The van der Waals surface area contributed by atoms with Gasteiger partial charge in [0.25, 0.3) is 5.91 Å². The molecule has 1 aliphatic rings. The summed E-state index contributed by atoms with van der Waals surface area (Å²) in [5.74, 6) is -0.177. The van der Waals surface area contributed by atoms with Gasteiger partial charge in [0.05, 0.1) is 11.9 Å². The smallest absolute Gasteiger partial charge is 0.329 e.